The highest BCUT2D eigenvalue weighted by Crippen LogP contribution is 2.38. The summed E-state index contributed by atoms with van der Waals surface area (Å²) in [7, 11) is -9.09. The van der Waals surface area contributed by atoms with Crippen LogP contribution in [0.4, 0.5) is 17.1 Å². The molecule has 3 aromatic rings. The molecule has 0 heterocycles. The Morgan fingerprint density at radius 1 is 0.815 bits per heavy atom. The van der Waals surface area contributed by atoms with Crippen molar-refractivity contribution >= 4 is 48.1 Å². The van der Waals surface area contributed by atoms with E-state index in [0.29, 0.717) is 10.8 Å². The summed E-state index contributed by atoms with van der Waals surface area (Å²) in [5.41, 5.74) is 5.74. The van der Waals surface area contributed by atoms with Crippen molar-refractivity contribution in [1.29, 1.82) is 0 Å². The van der Waals surface area contributed by atoms with Gasteiger partial charge in [0.15, 0.2) is 0 Å². The highest BCUT2D eigenvalue weighted by atomic mass is 32.2. The zero-order valence-electron chi connectivity index (χ0n) is 13.5. The third-order valence-corrected chi connectivity index (χ3v) is 5.40. The Hall–Kier alpha value is -2.86. The van der Waals surface area contributed by atoms with Crippen LogP contribution in [0.5, 0.6) is 0 Å². The molecule has 3 rings (SSSR count). The van der Waals surface area contributed by atoms with Crippen molar-refractivity contribution in [2.45, 2.75) is 9.79 Å². The molecule has 0 bridgehead atoms. The molecule has 140 valence electrons. The zero-order valence-corrected chi connectivity index (χ0v) is 15.1. The first-order valence-corrected chi connectivity index (χ1v) is 10.2. The molecule has 0 amide bonds. The van der Waals surface area contributed by atoms with Crippen molar-refractivity contribution in [3.8, 4) is 0 Å². The lowest BCUT2D eigenvalue weighted by molar-refractivity contribution is 0.481. The normalized spacial score (nSPS) is 12.7. The molecule has 0 saturated carbocycles. The van der Waals surface area contributed by atoms with Crippen molar-refractivity contribution in [3.63, 3.8) is 0 Å². The van der Waals surface area contributed by atoms with Gasteiger partial charge in [-0.15, -0.1) is 5.11 Å². The fourth-order valence-electron chi connectivity index (χ4n) is 2.45. The van der Waals surface area contributed by atoms with E-state index in [9.17, 15) is 21.4 Å². The van der Waals surface area contributed by atoms with Crippen LogP contribution in [-0.2, 0) is 20.2 Å². The predicted octanol–water partition coefficient (Wildman–Crippen LogP) is 3.33. The number of nitrogen functional groups attached to an aromatic ring is 1. The standard InChI is InChI=1S/C16H13N3O6S2/c17-15-13-7-2-1-4-10(13)8-14(27(23,24)25)16(15)19-18-11-5-3-6-12(9-11)26(20,21)22/h1-9H,17H2,(H,20,21,22)(H,23,24,25). The summed E-state index contributed by atoms with van der Waals surface area (Å²) < 4.78 is 64.4. The number of rotatable bonds is 4. The molecule has 11 heteroatoms. The molecule has 0 spiro atoms. The maximum atomic E-state index is 11.7. The molecule has 3 aromatic carbocycles. The van der Waals surface area contributed by atoms with Crippen LogP contribution in [-0.4, -0.2) is 25.9 Å². The Labute approximate surface area is 154 Å². The van der Waals surface area contributed by atoms with Gasteiger partial charge in [0.25, 0.3) is 20.2 Å². The molecule has 0 aliphatic carbocycles. The SMILES string of the molecule is Nc1c(N=Nc2cccc(S(=O)(=O)O)c2)c(S(=O)(=O)O)cc2ccccc12. The largest absolute Gasteiger partial charge is 0.396 e. The number of nitrogens with zero attached hydrogens (tertiary/aromatic N) is 2. The quantitative estimate of drug-likeness (QED) is 0.339. The van der Waals surface area contributed by atoms with E-state index in [-0.39, 0.29) is 17.1 Å². The van der Waals surface area contributed by atoms with E-state index >= 15 is 0 Å². The van der Waals surface area contributed by atoms with Crippen molar-refractivity contribution in [2.24, 2.45) is 10.2 Å². The third-order valence-electron chi connectivity index (χ3n) is 3.68. The van der Waals surface area contributed by atoms with Crippen molar-refractivity contribution < 1.29 is 25.9 Å². The van der Waals surface area contributed by atoms with Gasteiger partial charge < -0.3 is 5.73 Å². The van der Waals surface area contributed by atoms with Crippen molar-refractivity contribution in [1.82, 2.24) is 0 Å². The average Bonchev–Trinajstić information content (AvgIpc) is 2.59. The molecule has 0 fully saturated rings. The van der Waals surface area contributed by atoms with Crippen molar-refractivity contribution in [2.75, 3.05) is 5.73 Å². The summed E-state index contributed by atoms with van der Waals surface area (Å²) in [5.74, 6) is 0. The number of hydrogen-bond donors (Lipinski definition) is 3. The molecule has 0 aliphatic rings. The van der Waals surface area contributed by atoms with E-state index in [1.54, 1.807) is 24.3 Å². The van der Waals surface area contributed by atoms with Gasteiger partial charge in [0.1, 0.15) is 10.6 Å². The highest BCUT2D eigenvalue weighted by molar-refractivity contribution is 7.86. The summed E-state index contributed by atoms with van der Waals surface area (Å²) in [4.78, 5) is -0.936. The van der Waals surface area contributed by atoms with Gasteiger partial charge in [-0.25, -0.2) is 0 Å². The summed E-state index contributed by atoms with van der Waals surface area (Å²) in [6.07, 6.45) is 0. The maximum absolute atomic E-state index is 11.7. The fraction of sp³-hybridized carbons (Fsp3) is 0. The van der Waals surface area contributed by atoms with E-state index in [2.05, 4.69) is 10.2 Å². The first-order valence-electron chi connectivity index (χ1n) is 7.35. The highest BCUT2D eigenvalue weighted by Gasteiger charge is 2.20. The molecule has 0 atom stereocenters. The fourth-order valence-corrected chi connectivity index (χ4v) is 3.64. The minimum absolute atomic E-state index is 0.0181. The van der Waals surface area contributed by atoms with Gasteiger partial charge in [-0.3, -0.25) is 9.11 Å². The summed E-state index contributed by atoms with van der Waals surface area (Å²) in [6.45, 7) is 0. The molecular formula is C16H13N3O6S2. The number of nitrogens with two attached hydrogens (primary N) is 1. The lowest BCUT2D eigenvalue weighted by Crippen LogP contribution is -2.01. The van der Waals surface area contributed by atoms with Gasteiger partial charge in [0.05, 0.1) is 16.3 Å². The Balaban J connectivity index is 2.20. The number of anilines is 1. The second kappa shape index (κ2) is 6.70. The Morgan fingerprint density at radius 2 is 1.52 bits per heavy atom. The topological polar surface area (TPSA) is 159 Å². The molecule has 9 nitrogen and oxygen atoms in total. The van der Waals surface area contributed by atoms with E-state index < -0.39 is 30.0 Å². The Morgan fingerprint density at radius 3 is 2.19 bits per heavy atom. The molecule has 0 unspecified atom stereocenters. The summed E-state index contributed by atoms with van der Waals surface area (Å²) in [6, 6.07) is 12.8. The number of benzene rings is 3. The minimum atomic E-state index is -4.65. The Kier molecular flexibility index (Phi) is 4.70. The second-order valence-electron chi connectivity index (χ2n) is 5.51. The summed E-state index contributed by atoms with van der Waals surface area (Å²) in [5, 5.41) is 8.57. The first kappa shape index (κ1) is 18.9. The minimum Gasteiger partial charge on any atom is -0.396 e. The van der Waals surface area contributed by atoms with E-state index in [0.717, 1.165) is 12.1 Å². The molecule has 0 aliphatic heterocycles. The molecular weight excluding hydrogens is 394 g/mol. The third kappa shape index (κ3) is 3.95. The van der Waals surface area contributed by atoms with E-state index in [1.165, 1.54) is 18.2 Å². The first-order chi connectivity index (χ1) is 12.6. The lowest BCUT2D eigenvalue weighted by Gasteiger charge is -2.09. The van der Waals surface area contributed by atoms with Crippen LogP contribution in [0.25, 0.3) is 10.8 Å². The van der Waals surface area contributed by atoms with Gasteiger partial charge in [-0.1, -0.05) is 30.3 Å². The van der Waals surface area contributed by atoms with Crippen LogP contribution in [0.15, 0.2) is 74.6 Å². The lowest BCUT2D eigenvalue weighted by atomic mass is 10.1. The number of hydrogen-bond acceptors (Lipinski definition) is 7. The van der Waals surface area contributed by atoms with Crippen LogP contribution in [0.1, 0.15) is 0 Å². The Bertz CT molecular complexity index is 1280. The van der Waals surface area contributed by atoms with Gasteiger partial charge in [0, 0.05) is 5.39 Å². The summed E-state index contributed by atoms with van der Waals surface area (Å²) >= 11 is 0. The monoisotopic (exact) mass is 407 g/mol. The molecule has 0 aromatic heterocycles. The molecule has 0 radical (unpaired) electrons. The van der Waals surface area contributed by atoms with Gasteiger partial charge in [-0.2, -0.15) is 21.9 Å². The van der Waals surface area contributed by atoms with Crippen LogP contribution in [0, 0.1) is 0 Å². The maximum Gasteiger partial charge on any atom is 0.296 e. The van der Waals surface area contributed by atoms with Crippen LogP contribution >= 0.6 is 0 Å². The van der Waals surface area contributed by atoms with Crippen LogP contribution in [0.2, 0.25) is 0 Å². The zero-order chi connectivity index (χ0) is 19.8. The van der Waals surface area contributed by atoms with Crippen LogP contribution in [0.3, 0.4) is 0 Å². The molecule has 27 heavy (non-hydrogen) atoms. The van der Waals surface area contributed by atoms with E-state index in [1.807, 2.05) is 0 Å². The molecule has 0 saturated heterocycles. The average molecular weight is 407 g/mol. The smallest absolute Gasteiger partial charge is 0.296 e. The van der Waals surface area contributed by atoms with Crippen molar-refractivity contribution in [3.05, 3.63) is 54.6 Å². The number of azo groups is 1. The predicted molar refractivity (Wildman–Crippen MR) is 98.6 cm³/mol. The van der Waals surface area contributed by atoms with Gasteiger partial charge >= 0.3 is 0 Å². The second-order valence-corrected chi connectivity index (χ2v) is 8.32. The molecule has 4 N–H and O–H groups in total. The van der Waals surface area contributed by atoms with Gasteiger partial charge in [-0.05, 0) is 29.7 Å². The van der Waals surface area contributed by atoms with E-state index in [4.69, 9.17) is 10.3 Å². The van der Waals surface area contributed by atoms with Crippen LogP contribution < -0.4 is 5.73 Å². The number of fused-ring (bicyclic) bond motifs is 1. The van der Waals surface area contributed by atoms with Gasteiger partial charge in [0.2, 0.25) is 0 Å².